The summed E-state index contributed by atoms with van der Waals surface area (Å²) in [5, 5.41) is 16.8. The Balaban J connectivity index is 2.01. The van der Waals surface area contributed by atoms with Crippen LogP contribution in [0.3, 0.4) is 0 Å². The third kappa shape index (κ3) is 3.53. The number of nitrogens with one attached hydrogen (secondary N) is 2. The van der Waals surface area contributed by atoms with Crippen LogP contribution in [0, 0.1) is 28.7 Å². The Bertz CT molecular complexity index is 983. The molecule has 2 N–H and O–H groups in total. The van der Waals surface area contributed by atoms with Crippen LogP contribution in [-0.4, -0.2) is 19.9 Å². The number of hydrogen-bond donors (Lipinski definition) is 2. The predicted octanol–water partition coefficient (Wildman–Crippen LogP) is 3.85. The van der Waals surface area contributed by atoms with Gasteiger partial charge in [0.15, 0.2) is 0 Å². The molecule has 1 aromatic carbocycles. The average Bonchev–Trinajstić information content (AvgIpc) is 2.59. The minimum Gasteiger partial charge on any atom is -0.332 e. The van der Waals surface area contributed by atoms with Gasteiger partial charge in [-0.05, 0) is 30.7 Å². The summed E-state index contributed by atoms with van der Waals surface area (Å²) in [5.74, 6) is -1.65. The fraction of sp³-hybridized carbons (Fsp3) is 0.0625. The zero-order valence-corrected chi connectivity index (χ0v) is 13.4. The molecule has 0 saturated heterocycles. The Kier molecular flexibility index (Phi) is 4.65. The minimum atomic E-state index is -0.909. The molecule has 0 aliphatic rings. The van der Waals surface area contributed by atoms with Crippen molar-refractivity contribution in [2.45, 2.75) is 6.92 Å². The van der Waals surface area contributed by atoms with Crippen LogP contribution in [0.2, 0.25) is 0 Å². The molecule has 26 heavy (non-hydrogen) atoms. The fourth-order valence-corrected chi connectivity index (χ4v) is 2.18. The minimum absolute atomic E-state index is 0.114. The number of pyridine rings is 1. The molecular weight excluding hydrogens is 346 g/mol. The van der Waals surface area contributed by atoms with E-state index in [9.17, 15) is 18.9 Å². The largest absolute Gasteiger partial charge is 0.353 e. The Hall–Kier alpha value is -3.69. The van der Waals surface area contributed by atoms with E-state index < -0.39 is 22.2 Å². The van der Waals surface area contributed by atoms with E-state index in [-0.39, 0.29) is 17.3 Å². The van der Waals surface area contributed by atoms with Crippen molar-refractivity contribution in [2.75, 3.05) is 10.6 Å². The monoisotopic (exact) mass is 358 g/mol. The lowest BCUT2D eigenvalue weighted by molar-refractivity contribution is -0.383. The number of anilines is 4. The van der Waals surface area contributed by atoms with E-state index in [0.29, 0.717) is 11.9 Å². The van der Waals surface area contributed by atoms with Crippen molar-refractivity contribution in [3.63, 3.8) is 0 Å². The number of benzene rings is 1. The van der Waals surface area contributed by atoms with Crippen molar-refractivity contribution in [1.29, 1.82) is 0 Å². The average molecular weight is 358 g/mol. The van der Waals surface area contributed by atoms with Gasteiger partial charge in [0, 0.05) is 12.3 Å². The molecule has 0 radical (unpaired) electrons. The SMILES string of the molecule is Cc1cccnc1Nc1ncnc(Nc2ccc(F)cc2F)c1[N+](=O)[O-]. The molecule has 8 nitrogen and oxygen atoms in total. The molecule has 0 fully saturated rings. The number of aromatic nitrogens is 3. The number of rotatable bonds is 5. The normalized spacial score (nSPS) is 10.4. The molecule has 0 aliphatic carbocycles. The number of nitro groups is 1. The molecule has 0 unspecified atom stereocenters. The first-order valence-corrected chi connectivity index (χ1v) is 7.36. The van der Waals surface area contributed by atoms with Crippen LogP contribution < -0.4 is 10.6 Å². The van der Waals surface area contributed by atoms with Crippen LogP contribution in [0.5, 0.6) is 0 Å². The fourth-order valence-electron chi connectivity index (χ4n) is 2.18. The highest BCUT2D eigenvalue weighted by molar-refractivity contribution is 5.76. The maximum Gasteiger partial charge on any atom is 0.353 e. The van der Waals surface area contributed by atoms with Crippen molar-refractivity contribution < 1.29 is 13.7 Å². The molecule has 3 rings (SSSR count). The van der Waals surface area contributed by atoms with Crippen LogP contribution in [0.4, 0.5) is 37.6 Å². The molecule has 0 bridgehead atoms. The van der Waals surface area contributed by atoms with Crippen LogP contribution in [0.15, 0.2) is 42.9 Å². The van der Waals surface area contributed by atoms with E-state index in [4.69, 9.17) is 0 Å². The summed E-state index contributed by atoms with van der Waals surface area (Å²) in [6, 6.07) is 6.29. The van der Waals surface area contributed by atoms with E-state index >= 15 is 0 Å². The Labute approximate surface area is 146 Å². The summed E-state index contributed by atoms with van der Waals surface area (Å²) < 4.78 is 26.8. The van der Waals surface area contributed by atoms with Gasteiger partial charge in [0.05, 0.1) is 10.6 Å². The number of nitrogens with zero attached hydrogens (tertiary/aromatic N) is 4. The van der Waals surface area contributed by atoms with Crippen LogP contribution in [0.1, 0.15) is 5.56 Å². The van der Waals surface area contributed by atoms with Gasteiger partial charge in [-0.1, -0.05) is 6.07 Å². The van der Waals surface area contributed by atoms with Crippen LogP contribution in [-0.2, 0) is 0 Å². The molecule has 132 valence electrons. The zero-order valence-electron chi connectivity index (χ0n) is 13.4. The van der Waals surface area contributed by atoms with Crippen molar-refractivity contribution in [3.05, 3.63) is 70.2 Å². The van der Waals surface area contributed by atoms with E-state index in [0.717, 1.165) is 24.0 Å². The van der Waals surface area contributed by atoms with Gasteiger partial charge in [0.2, 0.25) is 11.6 Å². The predicted molar refractivity (Wildman–Crippen MR) is 90.6 cm³/mol. The number of aryl methyl sites for hydroxylation is 1. The van der Waals surface area contributed by atoms with Crippen molar-refractivity contribution in [3.8, 4) is 0 Å². The van der Waals surface area contributed by atoms with Crippen molar-refractivity contribution in [1.82, 2.24) is 15.0 Å². The van der Waals surface area contributed by atoms with E-state index in [1.807, 2.05) is 0 Å². The van der Waals surface area contributed by atoms with Crippen molar-refractivity contribution >= 4 is 28.8 Å². The molecule has 10 heteroatoms. The zero-order chi connectivity index (χ0) is 18.7. The molecule has 0 amide bonds. The molecule has 2 heterocycles. The molecule has 0 saturated carbocycles. The molecule has 0 atom stereocenters. The second-order valence-electron chi connectivity index (χ2n) is 5.22. The van der Waals surface area contributed by atoms with Gasteiger partial charge in [0.25, 0.3) is 0 Å². The van der Waals surface area contributed by atoms with Gasteiger partial charge in [-0.3, -0.25) is 10.1 Å². The maximum absolute atomic E-state index is 13.8. The highest BCUT2D eigenvalue weighted by atomic mass is 19.1. The first kappa shape index (κ1) is 17.1. The highest BCUT2D eigenvalue weighted by Gasteiger charge is 2.24. The smallest absolute Gasteiger partial charge is 0.332 e. The second kappa shape index (κ2) is 7.05. The maximum atomic E-state index is 13.8. The van der Waals surface area contributed by atoms with Gasteiger partial charge < -0.3 is 10.6 Å². The Morgan fingerprint density at radius 1 is 1.04 bits per heavy atom. The number of hydrogen-bond acceptors (Lipinski definition) is 7. The van der Waals surface area contributed by atoms with Gasteiger partial charge in [-0.25, -0.2) is 23.7 Å². The number of halogens is 2. The van der Waals surface area contributed by atoms with Gasteiger partial charge in [-0.2, -0.15) is 0 Å². The second-order valence-corrected chi connectivity index (χ2v) is 5.22. The summed E-state index contributed by atoms with van der Waals surface area (Å²) in [6.45, 7) is 1.77. The summed E-state index contributed by atoms with van der Waals surface area (Å²) >= 11 is 0. The summed E-state index contributed by atoms with van der Waals surface area (Å²) in [6.07, 6.45) is 2.60. The summed E-state index contributed by atoms with van der Waals surface area (Å²) in [7, 11) is 0. The third-order valence-corrected chi connectivity index (χ3v) is 3.44. The lowest BCUT2D eigenvalue weighted by atomic mass is 10.2. The molecule has 3 aromatic rings. The van der Waals surface area contributed by atoms with E-state index in [1.54, 1.807) is 19.1 Å². The topological polar surface area (TPSA) is 106 Å². The van der Waals surface area contributed by atoms with E-state index in [2.05, 4.69) is 25.6 Å². The molecule has 2 aromatic heterocycles. The summed E-state index contributed by atoms with van der Waals surface area (Å²) in [5.41, 5.74) is 0.0916. The lowest BCUT2D eigenvalue weighted by Crippen LogP contribution is -2.07. The van der Waals surface area contributed by atoms with Crippen molar-refractivity contribution in [2.24, 2.45) is 0 Å². The highest BCUT2D eigenvalue weighted by Crippen LogP contribution is 2.33. The molecular formula is C16H12F2N6O2. The van der Waals surface area contributed by atoms with Gasteiger partial charge >= 0.3 is 5.69 Å². The summed E-state index contributed by atoms with van der Waals surface area (Å²) in [4.78, 5) is 22.6. The standard InChI is InChI=1S/C16H12F2N6O2/c1-9-3-2-6-19-14(9)23-16-13(24(25)26)15(20-8-21-16)22-12-5-4-10(17)7-11(12)18/h2-8H,1H3,(H2,19,20,21,22,23). The Morgan fingerprint density at radius 2 is 1.77 bits per heavy atom. The Morgan fingerprint density at radius 3 is 2.42 bits per heavy atom. The first-order valence-electron chi connectivity index (χ1n) is 7.36. The quantitative estimate of drug-likeness (QED) is 0.527. The molecule has 0 spiro atoms. The van der Waals surface area contributed by atoms with E-state index in [1.165, 1.54) is 6.20 Å². The molecule has 0 aliphatic heterocycles. The lowest BCUT2D eigenvalue weighted by Gasteiger charge is -2.11. The van der Waals surface area contributed by atoms with Crippen LogP contribution >= 0.6 is 0 Å². The third-order valence-electron chi connectivity index (χ3n) is 3.44. The van der Waals surface area contributed by atoms with Gasteiger partial charge in [0.1, 0.15) is 23.8 Å². The van der Waals surface area contributed by atoms with Crippen LogP contribution in [0.25, 0.3) is 0 Å². The first-order chi connectivity index (χ1) is 12.5. The van der Waals surface area contributed by atoms with Gasteiger partial charge in [-0.15, -0.1) is 0 Å².